The van der Waals surface area contributed by atoms with Gasteiger partial charge in [-0.25, -0.2) is 0 Å². The molecule has 0 fully saturated rings. The maximum atomic E-state index is 11.1. The molecule has 5 aromatic rings. The van der Waals surface area contributed by atoms with E-state index >= 15 is 0 Å². The summed E-state index contributed by atoms with van der Waals surface area (Å²) in [5, 5.41) is 15.8. The normalized spacial score (nSPS) is 13.5. The van der Waals surface area contributed by atoms with Crippen LogP contribution in [0.1, 0.15) is 35.7 Å². The Labute approximate surface area is 189 Å². The first-order chi connectivity index (χ1) is 15.6. The Kier molecular flexibility index (Phi) is 5.38. The third kappa shape index (κ3) is 3.63. The number of hydrogen-bond donors (Lipinski definition) is 1. The van der Waals surface area contributed by atoms with Gasteiger partial charge in [0.2, 0.25) is 0 Å². The predicted molar refractivity (Wildman–Crippen MR) is 134 cm³/mol. The minimum atomic E-state index is -0.0937. The number of phenols is 1. The fourth-order valence-corrected chi connectivity index (χ4v) is 4.74. The molecular weight excluding hydrogens is 390 g/mol. The lowest BCUT2D eigenvalue weighted by Crippen LogP contribution is -2.29. The van der Waals surface area contributed by atoms with Crippen molar-refractivity contribution in [1.29, 1.82) is 0 Å². The Balaban J connectivity index is 1.65. The molecule has 0 aliphatic carbocycles. The van der Waals surface area contributed by atoms with Crippen molar-refractivity contribution in [2.24, 2.45) is 0 Å². The van der Waals surface area contributed by atoms with Crippen molar-refractivity contribution < 1.29 is 5.11 Å². The smallest absolute Gasteiger partial charge is 0.121 e. The highest BCUT2D eigenvalue weighted by molar-refractivity contribution is 5.88. The van der Waals surface area contributed by atoms with Crippen LogP contribution in [-0.4, -0.2) is 17.1 Å². The molecule has 2 nitrogen and oxygen atoms in total. The number of benzene rings is 5. The molecule has 158 valence electrons. The SMILES string of the molecule is C[C@H](c1ccc2ccccc2c1)N(C)[C@H](c1ccccc1)c1c(O)ccc2ccccc12. The van der Waals surface area contributed by atoms with Gasteiger partial charge < -0.3 is 5.11 Å². The molecule has 0 saturated carbocycles. The molecule has 0 amide bonds. The van der Waals surface area contributed by atoms with Gasteiger partial charge in [0.25, 0.3) is 0 Å². The maximum Gasteiger partial charge on any atom is 0.121 e. The van der Waals surface area contributed by atoms with E-state index in [1.54, 1.807) is 0 Å². The second-order valence-electron chi connectivity index (χ2n) is 8.48. The number of nitrogens with zero attached hydrogens (tertiary/aromatic N) is 1. The molecule has 0 aliphatic heterocycles. The van der Waals surface area contributed by atoms with Crippen molar-refractivity contribution in [2.75, 3.05) is 7.05 Å². The van der Waals surface area contributed by atoms with E-state index in [4.69, 9.17) is 0 Å². The lowest BCUT2D eigenvalue weighted by molar-refractivity contribution is 0.211. The van der Waals surface area contributed by atoms with Gasteiger partial charge in [0.1, 0.15) is 5.75 Å². The Bertz CT molecular complexity index is 1380. The third-order valence-electron chi connectivity index (χ3n) is 6.61. The zero-order valence-electron chi connectivity index (χ0n) is 18.4. The highest BCUT2D eigenvalue weighted by Gasteiger charge is 2.28. The molecule has 1 N–H and O–H groups in total. The molecule has 32 heavy (non-hydrogen) atoms. The number of hydrogen-bond acceptors (Lipinski definition) is 2. The zero-order valence-corrected chi connectivity index (χ0v) is 18.4. The fraction of sp³-hybridized carbons (Fsp3) is 0.133. The molecule has 0 saturated heterocycles. The molecule has 0 aliphatic rings. The van der Waals surface area contributed by atoms with Gasteiger partial charge in [0, 0.05) is 11.6 Å². The van der Waals surface area contributed by atoms with E-state index in [1.165, 1.54) is 16.3 Å². The number of phenolic OH excluding ortho intramolecular Hbond substituents is 1. The predicted octanol–water partition coefficient (Wildman–Crippen LogP) is 7.48. The third-order valence-corrected chi connectivity index (χ3v) is 6.61. The van der Waals surface area contributed by atoms with Crippen LogP contribution in [0.3, 0.4) is 0 Å². The summed E-state index contributed by atoms with van der Waals surface area (Å²) in [6, 6.07) is 37.8. The van der Waals surface area contributed by atoms with Crippen LogP contribution in [0.4, 0.5) is 0 Å². The Morgan fingerprint density at radius 3 is 2.03 bits per heavy atom. The van der Waals surface area contributed by atoms with E-state index in [2.05, 4.69) is 97.7 Å². The minimum absolute atomic E-state index is 0.0937. The second-order valence-corrected chi connectivity index (χ2v) is 8.48. The molecule has 5 aromatic carbocycles. The van der Waals surface area contributed by atoms with Gasteiger partial charge in [-0.05, 0) is 58.8 Å². The first-order valence-electron chi connectivity index (χ1n) is 11.1. The lowest BCUT2D eigenvalue weighted by atomic mass is 9.90. The summed E-state index contributed by atoms with van der Waals surface area (Å²) in [6.07, 6.45) is 0. The Morgan fingerprint density at radius 2 is 1.25 bits per heavy atom. The van der Waals surface area contributed by atoms with Crippen molar-refractivity contribution >= 4 is 21.5 Å². The van der Waals surface area contributed by atoms with Crippen LogP contribution in [0, 0.1) is 0 Å². The summed E-state index contributed by atoms with van der Waals surface area (Å²) in [7, 11) is 2.15. The van der Waals surface area contributed by atoms with Gasteiger partial charge in [-0.1, -0.05) is 97.1 Å². The van der Waals surface area contributed by atoms with Crippen molar-refractivity contribution in [3.8, 4) is 5.75 Å². The van der Waals surface area contributed by atoms with Gasteiger partial charge in [0.05, 0.1) is 6.04 Å². The summed E-state index contributed by atoms with van der Waals surface area (Å²) in [5.74, 6) is 0.329. The quantitative estimate of drug-likeness (QED) is 0.320. The van der Waals surface area contributed by atoms with Gasteiger partial charge in [-0.15, -0.1) is 0 Å². The van der Waals surface area contributed by atoms with Gasteiger partial charge in [0.15, 0.2) is 0 Å². The van der Waals surface area contributed by atoms with Gasteiger partial charge >= 0.3 is 0 Å². The molecule has 0 heterocycles. The summed E-state index contributed by atoms with van der Waals surface area (Å²) in [6.45, 7) is 2.24. The summed E-state index contributed by atoms with van der Waals surface area (Å²) in [5.41, 5.74) is 3.37. The highest BCUT2D eigenvalue weighted by atomic mass is 16.3. The highest BCUT2D eigenvalue weighted by Crippen LogP contribution is 2.41. The lowest BCUT2D eigenvalue weighted by Gasteiger charge is -2.35. The molecule has 0 bridgehead atoms. The van der Waals surface area contributed by atoms with Gasteiger partial charge in [-0.3, -0.25) is 4.90 Å². The monoisotopic (exact) mass is 417 g/mol. The first-order valence-corrected chi connectivity index (χ1v) is 11.1. The maximum absolute atomic E-state index is 11.1. The van der Waals surface area contributed by atoms with E-state index in [0.717, 1.165) is 21.9 Å². The van der Waals surface area contributed by atoms with E-state index in [-0.39, 0.29) is 12.1 Å². The van der Waals surface area contributed by atoms with Crippen molar-refractivity contribution in [1.82, 2.24) is 4.90 Å². The van der Waals surface area contributed by atoms with Crippen LogP contribution in [0.2, 0.25) is 0 Å². The number of fused-ring (bicyclic) bond motifs is 2. The number of rotatable bonds is 5. The molecular formula is C30H27NO. The average Bonchev–Trinajstić information content (AvgIpc) is 2.85. The van der Waals surface area contributed by atoms with Crippen molar-refractivity contribution in [3.05, 3.63) is 126 Å². The van der Waals surface area contributed by atoms with E-state index in [1.807, 2.05) is 30.3 Å². The van der Waals surface area contributed by atoms with E-state index < -0.39 is 0 Å². The average molecular weight is 418 g/mol. The largest absolute Gasteiger partial charge is 0.508 e. The zero-order chi connectivity index (χ0) is 22.1. The molecule has 2 atom stereocenters. The van der Waals surface area contributed by atoms with Crippen LogP contribution < -0.4 is 0 Å². The van der Waals surface area contributed by atoms with Crippen molar-refractivity contribution in [3.63, 3.8) is 0 Å². The molecule has 0 spiro atoms. The molecule has 0 radical (unpaired) electrons. The first kappa shape index (κ1) is 20.3. The second kappa shape index (κ2) is 8.49. The summed E-state index contributed by atoms with van der Waals surface area (Å²) >= 11 is 0. The molecule has 2 heteroatoms. The van der Waals surface area contributed by atoms with Crippen LogP contribution in [0.25, 0.3) is 21.5 Å². The Hall–Kier alpha value is -3.62. The van der Waals surface area contributed by atoms with Crippen LogP contribution in [-0.2, 0) is 0 Å². The summed E-state index contributed by atoms with van der Waals surface area (Å²) < 4.78 is 0. The van der Waals surface area contributed by atoms with Crippen LogP contribution in [0.15, 0.2) is 109 Å². The number of aromatic hydroxyl groups is 1. The molecule has 0 aromatic heterocycles. The van der Waals surface area contributed by atoms with Crippen LogP contribution >= 0.6 is 0 Å². The van der Waals surface area contributed by atoms with Gasteiger partial charge in [-0.2, -0.15) is 0 Å². The summed E-state index contributed by atoms with van der Waals surface area (Å²) in [4.78, 5) is 2.36. The minimum Gasteiger partial charge on any atom is -0.508 e. The van der Waals surface area contributed by atoms with E-state index in [9.17, 15) is 5.11 Å². The van der Waals surface area contributed by atoms with Crippen LogP contribution in [0.5, 0.6) is 5.75 Å². The fourth-order valence-electron chi connectivity index (χ4n) is 4.74. The molecule has 5 rings (SSSR count). The molecule has 0 unspecified atom stereocenters. The standard InChI is InChI=1S/C30H27NO/c1-21(25-17-16-22-10-6-7-14-26(22)20-25)31(2)30(24-12-4-3-5-13-24)29-27-15-9-8-11-23(27)18-19-28(29)32/h3-21,30,32H,1-2H3/t21-,30-/m1/s1. The Morgan fingerprint density at radius 1 is 0.625 bits per heavy atom. The topological polar surface area (TPSA) is 23.5 Å². The van der Waals surface area contributed by atoms with Crippen molar-refractivity contribution in [2.45, 2.75) is 19.0 Å². The van der Waals surface area contributed by atoms with E-state index in [0.29, 0.717) is 5.75 Å².